The van der Waals surface area contributed by atoms with E-state index in [1.165, 1.54) is 16.5 Å². The topological polar surface area (TPSA) is 48.0 Å². The van der Waals surface area contributed by atoms with Crippen LogP contribution < -0.4 is 5.32 Å². The number of nitrogens with one attached hydrogen (secondary N) is 2. The highest BCUT2D eigenvalue weighted by Crippen LogP contribution is 2.31. The summed E-state index contributed by atoms with van der Waals surface area (Å²) in [6.07, 6.45) is 6.12. The fraction of sp³-hybridized carbons (Fsp3) is 0.529. The van der Waals surface area contributed by atoms with Crippen LogP contribution in [0.15, 0.2) is 30.5 Å². The minimum absolute atomic E-state index is 0.495. The Kier molecular flexibility index (Phi) is 3.81. The number of H-pyrrole nitrogens is 1. The van der Waals surface area contributed by atoms with Gasteiger partial charge in [0.25, 0.3) is 0 Å². The Balaban J connectivity index is 1.54. The van der Waals surface area contributed by atoms with E-state index in [1.807, 2.05) is 6.20 Å². The van der Waals surface area contributed by atoms with Gasteiger partial charge in [-0.3, -0.25) is 0 Å². The van der Waals surface area contributed by atoms with E-state index in [1.54, 1.807) is 0 Å². The normalized spacial score (nSPS) is 27.0. The number of hydrogen-bond donors (Lipinski definition) is 3. The van der Waals surface area contributed by atoms with Gasteiger partial charge in [0.1, 0.15) is 0 Å². The monoisotopic (exact) mass is 272 g/mol. The predicted molar refractivity (Wildman–Crippen MR) is 82.6 cm³/mol. The number of fused-ring (bicyclic) bond motifs is 1. The molecule has 1 aromatic carbocycles. The summed E-state index contributed by atoms with van der Waals surface area (Å²) in [4.78, 5) is 3.20. The van der Waals surface area contributed by atoms with Crippen LogP contribution in [0, 0.1) is 5.92 Å². The van der Waals surface area contributed by atoms with Gasteiger partial charge in [0.15, 0.2) is 0 Å². The standard InChI is InChI=1S/C17H24N2O/c1-13-4-7-17(20,8-5-13)12-18-11-14-2-3-16-15(10-14)6-9-19-16/h2-3,6,9-10,13,18-20H,4-5,7-8,11-12H2,1H3. The zero-order valence-corrected chi connectivity index (χ0v) is 12.2. The molecule has 2 aromatic rings. The largest absolute Gasteiger partial charge is 0.389 e. The lowest BCUT2D eigenvalue weighted by Gasteiger charge is -2.35. The maximum Gasteiger partial charge on any atom is 0.0771 e. The molecule has 3 rings (SSSR count). The third-order valence-corrected chi connectivity index (χ3v) is 4.61. The maximum atomic E-state index is 10.5. The number of aromatic nitrogens is 1. The molecule has 1 fully saturated rings. The van der Waals surface area contributed by atoms with Crippen LogP contribution in [0.2, 0.25) is 0 Å². The van der Waals surface area contributed by atoms with Gasteiger partial charge in [-0.2, -0.15) is 0 Å². The van der Waals surface area contributed by atoms with Gasteiger partial charge in [-0.15, -0.1) is 0 Å². The summed E-state index contributed by atoms with van der Waals surface area (Å²) in [5.41, 5.74) is 1.95. The summed E-state index contributed by atoms with van der Waals surface area (Å²) < 4.78 is 0. The molecule has 0 amide bonds. The fourth-order valence-corrected chi connectivity index (χ4v) is 3.13. The van der Waals surface area contributed by atoms with Crippen LogP contribution in [0.4, 0.5) is 0 Å². The van der Waals surface area contributed by atoms with E-state index >= 15 is 0 Å². The molecule has 0 spiro atoms. The van der Waals surface area contributed by atoms with Crippen LogP contribution in [-0.4, -0.2) is 22.2 Å². The molecule has 1 saturated carbocycles. The van der Waals surface area contributed by atoms with Crippen molar-refractivity contribution in [1.82, 2.24) is 10.3 Å². The van der Waals surface area contributed by atoms with E-state index in [-0.39, 0.29) is 0 Å². The first-order chi connectivity index (χ1) is 9.65. The average Bonchev–Trinajstić information content (AvgIpc) is 2.90. The second kappa shape index (κ2) is 5.58. The van der Waals surface area contributed by atoms with Gasteiger partial charge >= 0.3 is 0 Å². The number of aromatic amines is 1. The zero-order chi connectivity index (χ0) is 14.0. The summed E-state index contributed by atoms with van der Waals surface area (Å²) in [6, 6.07) is 8.54. The molecule has 0 bridgehead atoms. The maximum absolute atomic E-state index is 10.5. The molecule has 20 heavy (non-hydrogen) atoms. The van der Waals surface area contributed by atoms with Crippen molar-refractivity contribution in [1.29, 1.82) is 0 Å². The van der Waals surface area contributed by atoms with Gasteiger partial charge in [0, 0.05) is 24.8 Å². The Morgan fingerprint density at radius 3 is 2.90 bits per heavy atom. The van der Waals surface area contributed by atoms with E-state index in [9.17, 15) is 5.11 Å². The van der Waals surface area contributed by atoms with Crippen molar-refractivity contribution in [2.75, 3.05) is 6.54 Å². The van der Waals surface area contributed by atoms with Gasteiger partial charge in [0.2, 0.25) is 0 Å². The number of benzene rings is 1. The third-order valence-electron chi connectivity index (χ3n) is 4.61. The van der Waals surface area contributed by atoms with Crippen molar-refractivity contribution in [2.24, 2.45) is 5.92 Å². The molecule has 0 aliphatic heterocycles. The van der Waals surface area contributed by atoms with E-state index in [0.29, 0.717) is 6.54 Å². The molecule has 3 nitrogen and oxygen atoms in total. The molecular weight excluding hydrogens is 248 g/mol. The Bertz CT molecular complexity index is 567. The minimum atomic E-state index is -0.495. The summed E-state index contributed by atoms with van der Waals surface area (Å²) in [5.74, 6) is 0.770. The van der Waals surface area contributed by atoms with Crippen LogP contribution in [0.5, 0.6) is 0 Å². The molecule has 1 aliphatic carbocycles. The highest BCUT2D eigenvalue weighted by atomic mass is 16.3. The van der Waals surface area contributed by atoms with Crippen molar-refractivity contribution in [3.05, 3.63) is 36.0 Å². The molecular formula is C17H24N2O. The van der Waals surface area contributed by atoms with Crippen LogP contribution in [0.3, 0.4) is 0 Å². The quantitative estimate of drug-likeness (QED) is 0.800. The van der Waals surface area contributed by atoms with Crippen molar-refractivity contribution >= 4 is 10.9 Å². The first kappa shape index (κ1) is 13.7. The summed E-state index contributed by atoms with van der Waals surface area (Å²) >= 11 is 0. The van der Waals surface area contributed by atoms with Crippen molar-refractivity contribution in [3.63, 3.8) is 0 Å². The smallest absolute Gasteiger partial charge is 0.0771 e. The predicted octanol–water partition coefficient (Wildman–Crippen LogP) is 3.20. The summed E-state index contributed by atoms with van der Waals surface area (Å²) in [7, 11) is 0. The van der Waals surface area contributed by atoms with Gasteiger partial charge in [-0.1, -0.05) is 13.0 Å². The Morgan fingerprint density at radius 1 is 1.30 bits per heavy atom. The Morgan fingerprint density at radius 2 is 2.10 bits per heavy atom. The second-order valence-electron chi connectivity index (χ2n) is 6.41. The average molecular weight is 272 g/mol. The highest BCUT2D eigenvalue weighted by Gasteiger charge is 2.31. The van der Waals surface area contributed by atoms with Crippen LogP contribution in [0.25, 0.3) is 10.9 Å². The van der Waals surface area contributed by atoms with Gasteiger partial charge in [0.05, 0.1) is 5.60 Å². The lowest BCUT2D eigenvalue weighted by atomic mass is 9.79. The number of aliphatic hydroxyl groups is 1. The minimum Gasteiger partial charge on any atom is -0.389 e. The summed E-state index contributed by atoms with van der Waals surface area (Å²) in [6.45, 7) is 3.79. The van der Waals surface area contributed by atoms with Gasteiger partial charge in [-0.25, -0.2) is 0 Å². The molecule has 0 saturated heterocycles. The van der Waals surface area contributed by atoms with Crippen LogP contribution in [0.1, 0.15) is 38.2 Å². The molecule has 3 N–H and O–H groups in total. The Hall–Kier alpha value is -1.32. The SMILES string of the molecule is CC1CCC(O)(CNCc2ccc3[nH]ccc3c2)CC1. The highest BCUT2D eigenvalue weighted by molar-refractivity contribution is 5.79. The first-order valence-electron chi connectivity index (χ1n) is 7.64. The fourth-order valence-electron chi connectivity index (χ4n) is 3.13. The Labute approximate surface area is 120 Å². The molecule has 0 unspecified atom stereocenters. The molecule has 0 radical (unpaired) electrons. The molecule has 1 heterocycles. The van der Waals surface area contributed by atoms with Gasteiger partial charge in [-0.05, 0) is 60.7 Å². The third kappa shape index (κ3) is 3.05. The van der Waals surface area contributed by atoms with E-state index < -0.39 is 5.60 Å². The first-order valence-corrected chi connectivity index (χ1v) is 7.64. The molecule has 3 heteroatoms. The zero-order valence-electron chi connectivity index (χ0n) is 12.2. The molecule has 1 aromatic heterocycles. The lowest BCUT2D eigenvalue weighted by molar-refractivity contribution is -0.00629. The molecule has 1 aliphatic rings. The van der Waals surface area contributed by atoms with Crippen molar-refractivity contribution in [2.45, 2.75) is 44.8 Å². The number of hydrogen-bond acceptors (Lipinski definition) is 2. The van der Waals surface area contributed by atoms with Gasteiger partial charge < -0.3 is 15.4 Å². The van der Waals surface area contributed by atoms with Crippen LogP contribution in [-0.2, 0) is 6.54 Å². The van der Waals surface area contributed by atoms with E-state index in [0.717, 1.165) is 38.1 Å². The number of rotatable bonds is 4. The lowest BCUT2D eigenvalue weighted by Crippen LogP contribution is -2.43. The molecule has 108 valence electrons. The van der Waals surface area contributed by atoms with E-state index in [2.05, 4.69) is 41.5 Å². The summed E-state index contributed by atoms with van der Waals surface area (Å²) in [5, 5.41) is 15.2. The van der Waals surface area contributed by atoms with Crippen molar-refractivity contribution < 1.29 is 5.11 Å². The second-order valence-corrected chi connectivity index (χ2v) is 6.41. The molecule has 0 atom stereocenters. The van der Waals surface area contributed by atoms with E-state index in [4.69, 9.17) is 0 Å². The van der Waals surface area contributed by atoms with Crippen LogP contribution >= 0.6 is 0 Å². The van der Waals surface area contributed by atoms with Crippen molar-refractivity contribution in [3.8, 4) is 0 Å².